The van der Waals surface area contributed by atoms with Gasteiger partial charge in [-0.3, -0.25) is 9.78 Å². The first-order valence-electron chi connectivity index (χ1n) is 8.97. The fourth-order valence-electron chi connectivity index (χ4n) is 3.29. The maximum absolute atomic E-state index is 12.8. The van der Waals surface area contributed by atoms with Crippen molar-refractivity contribution in [2.24, 2.45) is 11.7 Å². The molecule has 1 atom stereocenters. The monoisotopic (exact) mass is 368 g/mol. The van der Waals surface area contributed by atoms with Gasteiger partial charge in [-0.25, -0.2) is 4.79 Å². The Kier molecular flexibility index (Phi) is 5.90. The molecule has 1 saturated heterocycles. The van der Waals surface area contributed by atoms with Gasteiger partial charge < -0.3 is 20.7 Å². The second kappa shape index (κ2) is 8.53. The number of nitrogens with two attached hydrogens (primary N) is 1. The summed E-state index contributed by atoms with van der Waals surface area (Å²) in [6, 6.07) is 10.9. The van der Waals surface area contributed by atoms with Crippen LogP contribution >= 0.6 is 0 Å². The Labute approximate surface area is 158 Å². The van der Waals surface area contributed by atoms with Crippen molar-refractivity contribution in [2.75, 3.05) is 20.2 Å². The number of piperidine rings is 1. The third kappa shape index (κ3) is 4.55. The molecule has 2 aromatic rings. The zero-order chi connectivity index (χ0) is 19.2. The standard InChI is InChI=1S/C20H24N4O3/c1-27-17-4-2-14(3-5-17)18(15-6-10-22-11-7-15)23-20(26)24-12-8-16(9-13-24)19(21)25/h2-7,10-11,16,18H,8-9,12-13H2,1H3,(H2,21,25)(H,23,26)/t18-/m0/s1. The van der Waals surface area contributed by atoms with Crippen LogP contribution < -0.4 is 15.8 Å². The van der Waals surface area contributed by atoms with Crippen LogP contribution in [-0.2, 0) is 4.79 Å². The number of methoxy groups -OCH3 is 1. The third-order valence-electron chi connectivity index (χ3n) is 4.94. The van der Waals surface area contributed by atoms with Crippen molar-refractivity contribution in [3.05, 3.63) is 59.9 Å². The number of nitrogens with zero attached hydrogens (tertiary/aromatic N) is 2. The quantitative estimate of drug-likeness (QED) is 0.844. The van der Waals surface area contributed by atoms with Crippen LogP contribution in [0.1, 0.15) is 30.0 Å². The highest BCUT2D eigenvalue weighted by Gasteiger charge is 2.27. The van der Waals surface area contributed by atoms with E-state index >= 15 is 0 Å². The molecule has 1 fully saturated rings. The highest BCUT2D eigenvalue weighted by molar-refractivity contribution is 5.78. The van der Waals surface area contributed by atoms with E-state index in [2.05, 4.69) is 10.3 Å². The number of aromatic nitrogens is 1. The zero-order valence-corrected chi connectivity index (χ0v) is 15.3. The van der Waals surface area contributed by atoms with E-state index in [-0.39, 0.29) is 23.9 Å². The smallest absolute Gasteiger partial charge is 0.318 e. The van der Waals surface area contributed by atoms with Crippen molar-refractivity contribution in [2.45, 2.75) is 18.9 Å². The van der Waals surface area contributed by atoms with E-state index in [1.807, 2.05) is 36.4 Å². The summed E-state index contributed by atoms with van der Waals surface area (Å²) >= 11 is 0. The molecular formula is C20H24N4O3. The van der Waals surface area contributed by atoms with Gasteiger partial charge in [0.1, 0.15) is 5.75 Å². The van der Waals surface area contributed by atoms with Crippen LogP contribution in [-0.4, -0.2) is 42.0 Å². The first-order valence-corrected chi connectivity index (χ1v) is 8.97. The second-order valence-corrected chi connectivity index (χ2v) is 6.60. The van der Waals surface area contributed by atoms with Gasteiger partial charge in [-0.15, -0.1) is 0 Å². The molecule has 0 saturated carbocycles. The summed E-state index contributed by atoms with van der Waals surface area (Å²) in [6.45, 7) is 1.04. The molecule has 142 valence electrons. The molecule has 0 spiro atoms. The minimum Gasteiger partial charge on any atom is -0.497 e. The number of amides is 3. The number of nitrogens with one attached hydrogen (secondary N) is 1. The lowest BCUT2D eigenvalue weighted by Gasteiger charge is -2.32. The number of hydrogen-bond acceptors (Lipinski definition) is 4. The zero-order valence-electron chi connectivity index (χ0n) is 15.3. The van der Waals surface area contributed by atoms with E-state index in [0.29, 0.717) is 25.9 Å². The Morgan fingerprint density at radius 1 is 1.11 bits per heavy atom. The Morgan fingerprint density at radius 3 is 2.26 bits per heavy atom. The summed E-state index contributed by atoms with van der Waals surface area (Å²) < 4.78 is 5.22. The average molecular weight is 368 g/mol. The number of benzene rings is 1. The van der Waals surface area contributed by atoms with E-state index in [1.54, 1.807) is 24.4 Å². The summed E-state index contributed by atoms with van der Waals surface area (Å²) in [5, 5.41) is 3.10. The lowest BCUT2D eigenvalue weighted by Crippen LogP contribution is -2.47. The van der Waals surface area contributed by atoms with Gasteiger partial charge in [0.2, 0.25) is 5.91 Å². The van der Waals surface area contributed by atoms with Gasteiger partial charge in [0.05, 0.1) is 13.2 Å². The summed E-state index contributed by atoms with van der Waals surface area (Å²) in [7, 11) is 1.62. The molecule has 0 bridgehead atoms. The van der Waals surface area contributed by atoms with Gasteiger partial charge in [-0.05, 0) is 48.2 Å². The predicted molar refractivity (Wildman–Crippen MR) is 101 cm³/mol. The predicted octanol–water partition coefficient (Wildman–Crippen LogP) is 2.09. The van der Waals surface area contributed by atoms with E-state index in [9.17, 15) is 9.59 Å². The Hall–Kier alpha value is -3.09. The van der Waals surface area contributed by atoms with Gasteiger partial charge in [0.15, 0.2) is 0 Å². The number of rotatable bonds is 5. The molecule has 3 rings (SSSR count). The largest absolute Gasteiger partial charge is 0.497 e. The molecule has 3 N–H and O–H groups in total. The van der Waals surface area contributed by atoms with Crippen LogP contribution in [0.15, 0.2) is 48.8 Å². The SMILES string of the molecule is COc1ccc([C@H](NC(=O)N2CCC(C(N)=O)CC2)c2ccncc2)cc1. The van der Waals surface area contributed by atoms with Gasteiger partial charge in [0.25, 0.3) is 0 Å². The molecule has 1 aromatic heterocycles. The van der Waals surface area contributed by atoms with Crippen LogP contribution in [0.4, 0.5) is 4.79 Å². The number of carbonyl (C=O) groups is 2. The normalized spacial score (nSPS) is 15.8. The van der Waals surface area contributed by atoms with E-state index in [4.69, 9.17) is 10.5 Å². The Balaban J connectivity index is 1.75. The van der Waals surface area contributed by atoms with Gasteiger partial charge in [-0.2, -0.15) is 0 Å². The summed E-state index contributed by atoms with van der Waals surface area (Å²) in [5.41, 5.74) is 7.26. The fourth-order valence-corrected chi connectivity index (χ4v) is 3.29. The van der Waals surface area contributed by atoms with Crippen molar-refractivity contribution in [3.8, 4) is 5.75 Å². The molecule has 0 aliphatic carbocycles. The average Bonchev–Trinajstić information content (AvgIpc) is 2.72. The summed E-state index contributed by atoms with van der Waals surface area (Å²) in [4.78, 5) is 29.9. The van der Waals surface area contributed by atoms with Crippen molar-refractivity contribution in [1.29, 1.82) is 0 Å². The number of ether oxygens (including phenoxy) is 1. The second-order valence-electron chi connectivity index (χ2n) is 6.60. The molecule has 1 aliphatic rings. The molecule has 0 unspecified atom stereocenters. The highest BCUT2D eigenvalue weighted by atomic mass is 16.5. The molecule has 2 heterocycles. The van der Waals surface area contributed by atoms with Crippen molar-refractivity contribution in [1.82, 2.24) is 15.2 Å². The van der Waals surface area contributed by atoms with Crippen LogP contribution in [0.25, 0.3) is 0 Å². The first-order chi connectivity index (χ1) is 13.1. The van der Waals surface area contributed by atoms with Crippen molar-refractivity contribution in [3.63, 3.8) is 0 Å². The summed E-state index contributed by atoms with van der Waals surface area (Å²) in [5.74, 6) is 0.321. The molecule has 1 aromatic carbocycles. The lowest BCUT2D eigenvalue weighted by molar-refractivity contribution is -0.123. The molecule has 0 radical (unpaired) electrons. The molecular weight excluding hydrogens is 344 g/mol. The van der Waals surface area contributed by atoms with Gasteiger partial charge in [-0.1, -0.05) is 12.1 Å². The third-order valence-corrected chi connectivity index (χ3v) is 4.94. The minimum absolute atomic E-state index is 0.147. The lowest BCUT2D eigenvalue weighted by atomic mass is 9.96. The number of primary amides is 1. The number of likely N-dealkylation sites (tertiary alicyclic amines) is 1. The van der Waals surface area contributed by atoms with E-state index < -0.39 is 0 Å². The maximum Gasteiger partial charge on any atom is 0.318 e. The minimum atomic E-state index is -0.305. The van der Waals surface area contributed by atoms with Crippen LogP contribution in [0, 0.1) is 5.92 Å². The fraction of sp³-hybridized carbons (Fsp3) is 0.350. The van der Waals surface area contributed by atoms with Crippen molar-refractivity contribution >= 4 is 11.9 Å². The van der Waals surface area contributed by atoms with Crippen LogP contribution in [0.3, 0.4) is 0 Å². The first kappa shape index (κ1) is 18.7. The molecule has 3 amide bonds. The highest BCUT2D eigenvalue weighted by Crippen LogP contribution is 2.25. The van der Waals surface area contributed by atoms with Crippen molar-refractivity contribution < 1.29 is 14.3 Å². The topological polar surface area (TPSA) is 97.5 Å². The number of hydrogen-bond donors (Lipinski definition) is 2. The maximum atomic E-state index is 12.8. The Bertz CT molecular complexity index is 772. The molecule has 1 aliphatic heterocycles. The molecule has 7 heteroatoms. The summed E-state index contributed by atoms with van der Waals surface area (Å²) in [6.07, 6.45) is 4.61. The number of carbonyl (C=O) groups excluding carboxylic acids is 2. The number of urea groups is 1. The van der Waals surface area contributed by atoms with Gasteiger partial charge >= 0.3 is 6.03 Å². The van der Waals surface area contributed by atoms with E-state index in [0.717, 1.165) is 16.9 Å². The Morgan fingerprint density at radius 2 is 1.70 bits per heavy atom. The molecule has 27 heavy (non-hydrogen) atoms. The number of pyridine rings is 1. The van der Waals surface area contributed by atoms with Crippen LogP contribution in [0.5, 0.6) is 5.75 Å². The van der Waals surface area contributed by atoms with Crippen LogP contribution in [0.2, 0.25) is 0 Å². The molecule has 7 nitrogen and oxygen atoms in total. The van der Waals surface area contributed by atoms with E-state index in [1.165, 1.54) is 0 Å². The van der Waals surface area contributed by atoms with Gasteiger partial charge in [0, 0.05) is 31.4 Å².